The van der Waals surface area contributed by atoms with E-state index in [0.29, 0.717) is 17.9 Å². The van der Waals surface area contributed by atoms with Crippen LogP contribution in [0.3, 0.4) is 0 Å². The fraction of sp³-hybridized carbons (Fsp3) is 0.444. The number of anilines is 1. The van der Waals surface area contributed by atoms with Crippen LogP contribution in [0.2, 0.25) is 0 Å². The summed E-state index contributed by atoms with van der Waals surface area (Å²) in [6.07, 6.45) is -4.74. The first kappa shape index (κ1) is 20.0. The minimum absolute atomic E-state index is 0.0803. The van der Waals surface area contributed by atoms with E-state index in [1.54, 1.807) is 24.3 Å². The minimum atomic E-state index is -4.50. The monoisotopic (exact) mass is 398 g/mol. The summed E-state index contributed by atoms with van der Waals surface area (Å²) in [7, 11) is 3.00. The van der Waals surface area contributed by atoms with Crippen molar-refractivity contribution in [2.45, 2.75) is 24.7 Å². The molecule has 152 valence electrons. The smallest absolute Gasteiger partial charge is 0.410 e. The van der Waals surface area contributed by atoms with Crippen molar-refractivity contribution in [3.8, 4) is 5.75 Å². The van der Waals surface area contributed by atoms with E-state index in [-0.39, 0.29) is 24.5 Å². The van der Waals surface area contributed by atoms with Crippen LogP contribution in [0.4, 0.5) is 19.0 Å². The highest BCUT2D eigenvalue weighted by Crippen LogP contribution is 2.43. The van der Waals surface area contributed by atoms with Crippen molar-refractivity contribution in [2.24, 2.45) is 0 Å². The second-order valence-electron chi connectivity index (χ2n) is 6.37. The summed E-state index contributed by atoms with van der Waals surface area (Å²) in [5, 5.41) is 9.50. The Labute approximate surface area is 159 Å². The molecule has 28 heavy (non-hydrogen) atoms. The number of carbonyl (C=O) groups excluding carboxylic acids is 1. The Hall–Kier alpha value is -2.75. The summed E-state index contributed by atoms with van der Waals surface area (Å²) >= 11 is 0. The molecule has 0 radical (unpaired) electrons. The van der Waals surface area contributed by atoms with E-state index in [9.17, 15) is 18.0 Å². The topological polar surface area (TPSA) is 77.4 Å². The molecule has 2 atom stereocenters. The molecule has 1 aliphatic rings. The summed E-state index contributed by atoms with van der Waals surface area (Å²) in [5.41, 5.74) is 0.608. The molecule has 2 unspecified atom stereocenters. The van der Waals surface area contributed by atoms with Gasteiger partial charge in [-0.15, -0.1) is 0 Å². The molecule has 1 aliphatic heterocycles. The third-order valence-electron chi connectivity index (χ3n) is 4.53. The van der Waals surface area contributed by atoms with Crippen LogP contribution in [0.1, 0.15) is 34.6 Å². The lowest BCUT2D eigenvalue weighted by Gasteiger charge is -2.33. The lowest BCUT2D eigenvalue weighted by Crippen LogP contribution is -2.35. The number of hydrogen-bond acceptors (Lipinski definition) is 5. The average Bonchev–Trinajstić information content (AvgIpc) is 3.10. The van der Waals surface area contributed by atoms with Gasteiger partial charge < -0.3 is 20.1 Å². The Balaban J connectivity index is 1.87. The van der Waals surface area contributed by atoms with Crippen LogP contribution in [-0.2, 0) is 4.74 Å². The molecule has 3 rings (SSSR count). The van der Waals surface area contributed by atoms with Crippen LogP contribution in [0.15, 0.2) is 30.3 Å². The Bertz CT molecular complexity index is 820. The molecule has 0 bridgehead atoms. The molecule has 0 spiro atoms. The van der Waals surface area contributed by atoms with Crippen molar-refractivity contribution in [1.82, 2.24) is 15.1 Å². The molecule has 0 aliphatic carbocycles. The van der Waals surface area contributed by atoms with Crippen LogP contribution in [0.5, 0.6) is 5.75 Å². The molecule has 1 aromatic heterocycles. The zero-order chi connectivity index (χ0) is 20.3. The molecule has 0 saturated heterocycles. The van der Waals surface area contributed by atoms with Gasteiger partial charge in [-0.05, 0) is 17.7 Å². The number of carbonyl (C=O) groups is 1. The van der Waals surface area contributed by atoms with Gasteiger partial charge in [0.2, 0.25) is 0 Å². The summed E-state index contributed by atoms with van der Waals surface area (Å²) in [5.74, 6) is 0.209. The molecule has 0 saturated carbocycles. The van der Waals surface area contributed by atoms with Crippen LogP contribution < -0.4 is 15.4 Å². The van der Waals surface area contributed by atoms with Gasteiger partial charge in [0.05, 0.1) is 19.8 Å². The molecule has 0 fully saturated rings. The molecule has 1 aromatic carbocycles. The highest BCUT2D eigenvalue weighted by molar-refractivity contribution is 5.93. The molecule has 2 N–H and O–H groups in total. The van der Waals surface area contributed by atoms with Gasteiger partial charge in [-0.25, -0.2) is 4.68 Å². The molecule has 1 amide bonds. The largest absolute Gasteiger partial charge is 0.497 e. The number of halogens is 3. The minimum Gasteiger partial charge on any atom is -0.497 e. The van der Waals surface area contributed by atoms with Gasteiger partial charge in [-0.1, -0.05) is 12.1 Å². The van der Waals surface area contributed by atoms with Crippen LogP contribution >= 0.6 is 0 Å². The standard InChI is InChI=1S/C18H21F3N4O3/c1-27-8-7-22-17(26)14-10-16-23-13(11-3-5-12(28-2)6-4-11)9-15(18(19,20)21)25(16)24-14/h3-6,10,13,15,23H,7-9H2,1-2H3,(H,22,26). The van der Waals surface area contributed by atoms with E-state index < -0.39 is 24.2 Å². The Kier molecular flexibility index (Phi) is 5.78. The molecule has 7 nitrogen and oxygen atoms in total. The quantitative estimate of drug-likeness (QED) is 0.732. The van der Waals surface area contributed by atoms with Crippen molar-refractivity contribution in [3.05, 3.63) is 41.6 Å². The van der Waals surface area contributed by atoms with E-state index in [1.807, 2.05) is 0 Å². The lowest BCUT2D eigenvalue weighted by molar-refractivity contribution is -0.173. The van der Waals surface area contributed by atoms with E-state index >= 15 is 0 Å². The van der Waals surface area contributed by atoms with Gasteiger partial charge in [0.15, 0.2) is 11.7 Å². The highest BCUT2D eigenvalue weighted by atomic mass is 19.4. The number of alkyl halides is 3. The van der Waals surface area contributed by atoms with E-state index in [1.165, 1.54) is 20.3 Å². The number of fused-ring (bicyclic) bond motifs is 1. The van der Waals surface area contributed by atoms with Gasteiger partial charge >= 0.3 is 6.18 Å². The van der Waals surface area contributed by atoms with Gasteiger partial charge in [0, 0.05) is 26.1 Å². The second kappa shape index (κ2) is 8.09. The lowest BCUT2D eigenvalue weighted by atomic mass is 9.97. The number of methoxy groups -OCH3 is 2. The zero-order valence-corrected chi connectivity index (χ0v) is 15.4. The van der Waals surface area contributed by atoms with Gasteiger partial charge in [0.25, 0.3) is 5.91 Å². The first-order chi connectivity index (χ1) is 13.3. The molecular weight excluding hydrogens is 377 g/mol. The molecule has 10 heteroatoms. The first-order valence-electron chi connectivity index (χ1n) is 8.67. The number of amides is 1. The SMILES string of the molecule is COCCNC(=O)c1cc2n(n1)C(C(F)(F)F)CC(c1ccc(OC)cc1)N2. The maximum atomic E-state index is 13.7. The van der Waals surface area contributed by atoms with Crippen LogP contribution in [-0.4, -0.2) is 49.2 Å². The summed E-state index contributed by atoms with van der Waals surface area (Å²) in [6.45, 7) is 0.532. The number of rotatable bonds is 6. The third-order valence-corrected chi connectivity index (χ3v) is 4.53. The number of nitrogens with zero attached hydrogens (tertiary/aromatic N) is 2. The van der Waals surface area contributed by atoms with Gasteiger partial charge in [-0.3, -0.25) is 4.79 Å². The Morgan fingerprint density at radius 3 is 2.64 bits per heavy atom. The van der Waals surface area contributed by atoms with Crippen molar-refractivity contribution in [2.75, 3.05) is 32.7 Å². The highest BCUT2D eigenvalue weighted by Gasteiger charge is 2.46. The average molecular weight is 398 g/mol. The number of aromatic nitrogens is 2. The maximum absolute atomic E-state index is 13.7. The number of ether oxygens (including phenoxy) is 2. The predicted molar refractivity (Wildman–Crippen MR) is 95.5 cm³/mol. The number of nitrogens with one attached hydrogen (secondary N) is 2. The molecule has 2 heterocycles. The second-order valence-corrected chi connectivity index (χ2v) is 6.37. The van der Waals surface area contributed by atoms with Gasteiger partial charge in [-0.2, -0.15) is 18.3 Å². The van der Waals surface area contributed by atoms with E-state index in [4.69, 9.17) is 9.47 Å². The van der Waals surface area contributed by atoms with Crippen LogP contribution in [0, 0.1) is 0 Å². The maximum Gasteiger partial charge on any atom is 0.410 e. The van der Waals surface area contributed by atoms with E-state index in [0.717, 1.165) is 4.68 Å². The third kappa shape index (κ3) is 4.22. The van der Waals surface area contributed by atoms with Crippen molar-refractivity contribution >= 4 is 11.7 Å². The molecular formula is C18H21F3N4O3. The van der Waals surface area contributed by atoms with Crippen molar-refractivity contribution < 1.29 is 27.4 Å². The summed E-state index contributed by atoms with van der Waals surface area (Å²) < 4.78 is 51.8. The Morgan fingerprint density at radius 2 is 2.04 bits per heavy atom. The Morgan fingerprint density at radius 1 is 1.32 bits per heavy atom. The number of hydrogen-bond donors (Lipinski definition) is 2. The number of benzene rings is 1. The van der Waals surface area contributed by atoms with Crippen molar-refractivity contribution in [3.63, 3.8) is 0 Å². The zero-order valence-electron chi connectivity index (χ0n) is 15.4. The van der Waals surface area contributed by atoms with Crippen LogP contribution in [0.25, 0.3) is 0 Å². The first-order valence-corrected chi connectivity index (χ1v) is 8.67. The summed E-state index contributed by atoms with van der Waals surface area (Å²) in [6, 6.07) is 5.74. The van der Waals surface area contributed by atoms with Crippen molar-refractivity contribution in [1.29, 1.82) is 0 Å². The fourth-order valence-electron chi connectivity index (χ4n) is 3.10. The fourth-order valence-corrected chi connectivity index (χ4v) is 3.10. The van der Waals surface area contributed by atoms with Gasteiger partial charge in [0.1, 0.15) is 11.6 Å². The predicted octanol–water partition coefficient (Wildman–Crippen LogP) is 2.93. The normalized spacial score (nSPS) is 18.9. The van der Waals surface area contributed by atoms with E-state index in [2.05, 4.69) is 15.7 Å². The summed E-state index contributed by atoms with van der Waals surface area (Å²) in [4.78, 5) is 12.2. The molecule has 2 aromatic rings.